The average Bonchev–Trinajstić information content (AvgIpc) is 2.20. The summed E-state index contributed by atoms with van der Waals surface area (Å²) in [6.45, 7) is 5.73. The van der Waals surface area contributed by atoms with E-state index in [1.807, 2.05) is 0 Å². The Balaban J connectivity index is 2.38. The van der Waals surface area contributed by atoms with Gasteiger partial charge < -0.3 is 14.8 Å². The highest BCUT2D eigenvalue weighted by Gasteiger charge is 2.26. The SMILES string of the molecule is COC(=O)C(C)OC1CNCCC1C. The largest absolute Gasteiger partial charge is 0.467 e. The lowest BCUT2D eigenvalue weighted by Crippen LogP contribution is -2.43. The normalized spacial score (nSPS) is 29.6. The van der Waals surface area contributed by atoms with Gasteiger partial charge in [-0.05, 0) is 25.8 Å². The van der Waals surface area contributed by atoms with Gasteiger partial charge in [-0.1, -0.05) is 6.92 Å². The highest BCUT2D eigenvalue weighted by molar-refractivity contribution is 5.73. The molecule has 0 bridgehead atoms. The van der Waals surface area contributed by atoms with Gasteiger partial charge in [0.25, 0.3) is 0 Å². The third-order valence-electron chi connectivity index (χ3n) is 2.67. The lowest BCUT2D eigenvalue weighted by atomic mass is 9.97. The van der Waals surface area contributed by atoms with Crippen molar-refractivity contribution >= 4 is 5.97 Å². The molecule has 14 heavy (non-hydrogen) atoms. The Hall–Kier alpha value is -0.610. The molecular formula is C10H19NO3. The van der Waals surface area contributed by atoms with Gasteiger partial charge in [0, 0.05) is 6.54 Å². The van der Waals surface area contributed by atoms with Gasteiger partial charge in [-0.2, -0.15) is 0 Å². The molecule has 0 spiro atoms. The molecule has 1 fully saturated rings. The minimum absolute atomic E-state index is 0.123. The predicted molar refractivity (Wildman–Crippen MR) is 53.0 cm³/mol. The van der Waals surface area contributed by atoms with Crippen molar-refractivity contribution in [3.63, 3.8) is 0 Å². The number of ether oxygens (including phenoxy) is 2. The van der Waals surface area contributed by atoms with Gasteiger partial charge in [-0.3, -0.25) is 0 Å². The Morgan fingerprint density at radius 3 is 2.86 bits per heavy atom. The molecule has 1 saturated heterocycles. The van der Waals surface area contributed by atoms with Crippen LogP contribution in [0.2, 0.25) is 0 Å². The first-order valence-electron chi connectivity index (χ1n) is 5.09. The van der Waals surface area contributed by atoms with Crippen molar-refractivity contribution in [3.05, 3.63) is 0 Å². The summed E-state index contributed by atoms with van der Waals surface area (Å²) < 4.78 is 10.2. The maximum Gasteiger partial charge on any atom is 0.334 e. The molecule has 1 aliphatic rings. The van der Waals surface area contributed by atoms with Crippen LogP contribution in [0.15, 0.2) is 0 Å². The number of methoxy groups -OCH3 is 1. The molecule has 0 radical (unpaired) electrons. The van der Waals surface area contributed by atoms with E-state index in [4.69, 9.17) is 4.74 Å². The van der Waals surface area contributed by atoms with Crippen LogP contribution in [-0.2, 0) is 14.3 Å². The van der Waals surface area contributed by atoms with Crippen LogP contribution in [0.25, 0.3) is 0 Å². The van der Waals surface area contributed by atoms with E-state index in [9.17, 15) is 4.79 Å². The highest BCUT2D eigenvalue weighted by Crippen LogP contribution is 2.16. The highest BCUT2D eigenvalue weighted by atomic mass is 16.6. The monoisotopic (exact) mass is 201 g/mol. The Morgan fingerprint density at radius 2 is 2.29 bits per heavy atom. The molecule has 1 rings (SSSR count). The standard InChI is InChI=1S/C10H19NO3/c1-7-4-5-11-6-9(7)14-8(2)10(12)13-3/h7-9,11H,4-6H2,1-3H3. The molecule has 3 unspecified atom stereocenters. The Kier molecular flexibility index (Phi) is 4.35. The maximum absolute atomic E-state index is 11.1. The molecule has 82 valence electrons. The van der Waals surface area contributed by atoms with Crippen LogP contribution in [0.1, 0.15) is 20.3 Å². The molecule has 0 aromatic carbocycles. The quantitative estimate of drug-likeness (QED) is 0.678. The fourth-order valence-corrected chi connectivity index (χ4v) is 1.63. The van der Waals surface area contributed by atoms with Crippen LogP contribution < -0.4 is 5.32 Å². The molecular weight excluding hydrogens is 182 g/mol. The molecule has 3 atom stereocenters. The first-order chi connectivity index (χ1) is 6.65. The first kappa shape index (κ1) is 11.5. The van der Waals surface area contributed by atoms with Crippen molar-refractivity contribution in [1.82, 2.24) is 5.32 Å². The molecule has 0 saturated carbocycles. The van der Waals surface area contributed by atoms with E-state index < -0.39 is 6.10 Å². The molecule has 4 nitrogen and oxygen atoms in total. The predicted octanol–water partition coefficient (Wildman–Crippen LogP) is 0.562. The van der Waals surface area contributed by atoms with Crippen molar-refractivity contribution in [1.29, 1.82) is 0 Å². The number of hydrogen-bond acceptors (Lipinski definition) is 4. The molecule has 0 aromatic rings. The van der Waals surface area contributed by atoms with Gasteiger partial charge in [0.05, 0.1) is 13.2 Å². The fraction of sp³-hybridized carbons (Fsp3) is 0.900. The summed E-state index contributed by atoms with van der Waals surface area (Å²) in [6.07, 6.45) is 0.753. The summed E-state index contributed by atoms with van der Waals surface area (Å²) in [5.74, 6) is 0.200. The zero-order chi connectivity index (χ0) is 10.6. The molecule has 0 aromatic heterocycles. The smallest absolute Gasteiger partial charge is 0.334 e. The second kappa shape index (κ2) is 5.32. The van der Waals surface area contributed by atoms with E-state index in [1.54, 1.807) is 6.92 Å². The lowest BCUT2D eigenvalue weighted by molar-refractivity contribution is -0.158. The van der Waals surface area contributed by atoms with Crippen LogP contribution in [0.4, 0.5) is 0 Å². The van der Waals surface area contributed by atoms with Crippen LogP contribution in [0.3, 0.4) is 0 Å². The van der Waals surface area contributed by atoms with Gasteiger partial charge in [-0.15, -0.1) is 0 Å². The second-order valence-corrected chi connectivity index (χ2v) is 3.81. The topological polar surface area (TPSA) is 47.6 Å². The van der Waals surface area contributed by atoms with Crippen molar-refractivity contribution in [3.8, 4) is 0 Å². The van der Waals surface area contributed by atoms with Crippen molar-refractivity contribution in [2.75, 3.05) is 20.2 Å². The molecule has 1 N–H and O–H groups in total. The number of carbonyl (C=O) groups is 1. The maximum atomic E-state index is 11.1. The van der Waals surface area contributed by atoms with Crippen molar-refractivity contribution in [2.45, 2.75) is 32.5 Å². The number of hydrogen-bond donors (Lipinski definition) is 1. The summed E-state index contributed by atoms with van der Waals surface area (Å²) >= 11 is 0. The Labute approximate surface area is 85.0 Å². The zero-order valence-corrected chi connectivity index (χ0v) is 9.08. The fourth-order valence-electron chi connectivity index (χ4n) is 1.63. The van der Waals surface area contributed by atoms with Crippen LogP contribution >= 0.6 is 0 Å². The van der Waals surface area contributed by atoms with E-state index >= 15 is 0 Å². The zero-order valence-electron chi connectivity index (χ0n) is 9.08. The minimum atomic E-state index is -0.465. The molecule has 1 aliphatic heterocycles. The summed E-state index contributed by atoms with van der Waals surface area (Å²) in [5.41, 5.74) is 0. The summed E-state index contributed by atoms with van der Waals surface area (Å²) in [6, 6.07) is 0. The molecule has 0 aliphatic carbocycles. The Morgan fingerprint density at radius 1 is 1.57 bits per heavy atom. The van der Waals surface area contributed by atoms with Crippen molar-refractivity contribution in [2.24, 2.45) is 5.92 Å². The van der Waals surface area contributed by atoms with Gasteiger partial charge in [0.15, 0.2) is 6.10 Å². The van der Waals surface area contributed by atoms with Gasteiger partial charge >= 0.3 is 5.97 Å². The summed E-state index contributed by atoms with van der Waals surface area (Å²) in [7, 11) is 1.38. The number of carbonyl (C=O) groups excluding carboxylic acids is 1. The summed E-state index contributed by atoms with van der Waals surface area (Å²) in [5, 5.41) is 3.25. The van der Waals surface area contributed by atoms with Gasteiger partial charge in [-0.25, -0.2) is 4.79 Å². The van der Waals surface area contributed by atoms with Crippen molar-refractivity contribution < 1.29 is 14.3 Å². The minimum Gasteiger partial charge on any atom is -0.467 e. The van der Waals surface area contributed by atoms with E-state index in [1.165, 1.54) is 7.11 Å². The third kappa shape index (κ3) is 2.96. The third-order valence-corrected chi connectivity index (χ3v) is 2.67. The van der Waals surface area contributed by atoms with E-state index in [2.05, 4.69) is 17.0 Å². The van der Waals surface area contributed by atoms with E-state index in [0.29, 0.717) is 5.92 Å². The first-order valence-corrected chi connectivity index (χ1v) is 5.09. The molecule has 1 heterocycles. The van der Waals surface area contributed by atoms with Gasteiger partial charge in [0.2, 0.25) is 0 Å². The second-order valence-electron chi connectivity index (χ2n) is 3.81. The van der Waals surface area contributed by atoms with Crippen LogP contribution in [0.5, 0.6) is 0 Å². The van der Waals surface area contributed by atoms with Crippen LogP contribution in [-0.4, -0.2) is 38.4 Å². The van der Waals surface area contributed by atoms with Gasteiger partial charge in [0.1, 0.15) is 0 Å². The number of rotatable bonds is 3. The lowest BCUT2D eigenvalue weighted by Gasteiger charge is -2.31. The van der Waals surface area contributed by atoms with E-state index in [-0.39, 0.29) is 12.1 Å². The average molecular weight is 201 g/mol. The summed E-state index contributed by atoms with van der Waals surface area (Å²) in [4.78, 5) is 11.1. The molecule has 4 heteroatoms. The Bertz CT molecular complexity index is 196. The number of nitrogens with one attached hydrogen (secondary N) is 1. The van der Waals surface area contributed by atoms with Crippen LogP contribution in [0, 0.1) is 5.92 Å². The molecule has 0 amide bonds. The van der Waals surface area contributed by atoms with E-state index in [0.717, 1.165) is 19.5 Å². The number of piperidine rings is 1. The number of esters is 1.